The smallest absolute Gasteiger partial charge is 0.303 e. The molecule has 5 rings (SSSR count). The van der Waals surface area contributed by atoms with Crippen molar-refractivity contribution >= 4 is 35.1 Å². The molecule has 0 radical (unpaired) electrons. The van der Waals surface area contributed by atoms with Crippen LogP contribution in [-0.4, -0.2) is 81.6 Å². The van der Waals surface area contributed by atoms with Gasteiger partial charge in [0.2, 0.25) is 11.8 Å². The second kappa shape index (κ2) is 13.8. The summed E-state index contributed by atoms with van der Waals surface area (Å²) >= 11 is 12.6. The predicted molar refractivity (Wildman–Crippen MR) is 161 cm³/mol. The number of likely N-dealkylation sites (tertiary alicyclic amines) is 1. The number of aliphatic carboxylic acids is 1. The molecule has 9 nitrogen and oxygen atoms in total. The highest BCUT2D eigenvalue weighted by Crippen LogP contribution is 2.31. The van der Waals surface area contributed by atoms with Crippen molar-refractivity contribution in [2.45, 2.75) is 39.2 Å². The normalized spacial score (nSPS) is 17.4. The van der Waals surface area contributed by atoms with Crippen molar-refractivity contribution in [3.63, 3.8) is 0 Å². The van der Waals surface area contributed by atoms with Gasteiger partial charge < -0.3 is 19.6 Å². The van der Waals surface area contributed by atoms with Gasteiger partial charge in [0.05, 0.1) is 18.1 Å². The number of likely N-dealkylation sites (N-methyl/N-ethyl adjacent to an activating group) is 1. The molecule has 2 saturated heterocycles. The van der Waals surface area contributed by atoms with Gasteiger partial charge in [-0.25, -0.2) is 15.0 Å². The van der Waals surface area contributed by atoms with Crippen molar-refractivity contribution in [2.75, 3.05) is 50.7 Å². The molecule has 3 aromatic rings. The maximum atomic E-state index is 11.1. The van der Waals surface area contributed by atoms with Crippen LogP contribution in [0.15, 0.2) is 42.7 Å². The maximum Gasteiger partial charge on any atom is 0.303 e. The molecule has 0 bridgehead atoms. The van der Waals surface area contributed by atoms with E-state index in [0.717, 1.165) is 76.2 Å². The molecule has 218 valence electrons. The Bertz CT molecular complexity index is 1310. The zero-order valence-electron chi connectivity index (χ0n) is 23.3. The second-order valence-electron chi connectivity index (χ2n) is 10.8. The molecular formula is C30H36Cl2N6O3. The number of piperidine rings is 1. The van der Waals surface area contributed by atoms with E-state index >= 15 is 0 Å². The number of anilines is 1. The highest BCUT2D eigenvalue weighted by atomic mass is 35.5. The molecule has 41 heavy (non-hydrogen) atoms. The number of carboxylic acid groups (broad SMARTS) is 1. The van der Waals surface area contributed by atoms with Crippen LogP contribution in [0.25, 0.3) is 11.3 Å². The van der Waals surface area contributed by atoms with Gasteiger partial charge >= 0.3 is 5.97 Å². The fraction of sp³-hybridized carbons (Fsp3) is 0.467. The highest BCUT2D eigenvalue weighted by Gasteiger charge is 2.22. The molecule has 2 aromatic heterocycles. The molecule has 1 aromatic carbocycles. The summed E-state index contributed by atoms with van der Waals surface area (Å²) in [6, 6.07) is 9.31. The van der Waals surface area contributed by atoms with Crippen LogP contribution in [0, 0.1) is 5.92 Å². The Morgan fingerprint density at radius 1 is 0.951 bits per heavy atom. The minimum atomic E-state index is -0.726. The average molecular weight is 600 g/mol. The van der Waals surface area contributed by atoms with E-state index in [-0.39, 0.29) is 12.3 Å². The van der Waals surface area contributed by atoms with Crippen molar-refractivity contribution in [2.24, 2.45) is 5.92 Å². The molecular weight excluding hydrogens is 563 g/mol. The average Bonchev–Trinajstić information content (AvgIpc) is 3.20. The predicted octanol–water partition coefficient (Wildman–Crippen LogP) is 5.86. The van der Waals surface area contributed by atoms with Gasteiger partial charge in [-0.2, -0.15) is 0 Å². The number of hydrogen-bond acceptors (Lipinski definition) is 8. The number of carboxylic acids is 1. The first-order valence-corrected chi connectivity index (χ1v) is 15.0. The molecule has 2 fully saturated rings. The fourth-order valence-electron chi connectivity index (χ4n) is 5.54. The Labute approximate surface area is 251 Å². The molecule has 0 amide bonds. The molecule has 1 N–H and O–H groups in total. The Morgan fingerprint density at radius 3 is 2.37 bits per heavy atom. The number of halogens is 2. The zero-order chi connectivity index (χ0) is 28.8. The topological polar surface area (TPSA) is 94.9 Å². The van der Waals surface area contributed by atoms with Crippen LogP contribution in [0.3, 0.4) is 0 Å². The van der Waals surface area contributed by atoms with Crippen LogP contribution in [0.5, 0.6) is 11.6 Å². The molecule has 0 spiro atoms. The van der Waals surface area contributed by atoms with Gasteiger partial charge in [0.15, 0.2) is 5.75 Å². The standard InChI is InChI=1S/C30H36Cl2N6O3/c1-2-36-6-3-7-38(11-10-36)30-33-18-26(19-34-30)41-28-13-22(20-37-8-4-21(5-9-37)14-29(39)40)12-27(35-28)23-15-24(31)17-25(32)16-23/h12-13,15-19,21H,2-11,14,20H2,1H3,(H,39,40). The third-order valence-corrected chi connectivity index (χ3v) is 8.19. The summed E-state index contributed by atoms with van der Waals surface area (Å²) in [7, 11) is 0. The van der Waals surface area contributed by atoms with Crippen LogP contribution in [0.4, 0.5) is 5.95 Å². The van der Waals surface area contributed by atoms with Gasteiger partial charge in [-0.15, -0.1) is 0 Å². The lowest BCUT2D eigenvalue weighted by atomic mass is 9.93. The molecule has 0 unspecified atom stereocenters. The molecule has 2 aliphatic heterocycles. The van der Waals surface area contributed by atoms with E-state index < -0.39 is 5.97 Å². The Kier molecular flexibility index (Phi) is 9.92. The fourth-order valence-corrected chi connectivity index (χ4v) is 6.07. The van der Waals surface area contributed by atoms with E-state index in [1.165, 1.54) is 0 Å². The van der Waals surface area contributed by atoms with Crippen molar-refractivity contribution in [1.29, 1.82) is 0 Å². The number of carbonyl (C=O) groups is 1. The van der Waals surface area contributed by atoms with Gasteiger partial charge in [-0.1, -0.05) is 30.1 Å². The minimum Gasteiger partial charge on any atom is -0.481 e. The molecule has 11 heteroatoms. The summed E-state index contributed by atoms with van der Waals surface area (Å²) in [4.78, 5) is 32.1. The minimum absolute atomic E-state index is 0.229. The van der Waals surface area contributed by atoms with Crippen LogP contribution in [0.2, 0.25) is 10.0 Å². The monoisotopic (exact) mass is 598 g/mol. The van der Waals surface area contributed by atoms with E-state index in [1.807, 2.05) is 24.3 Å². The molecule has 4 heterocycles. The summed E-state index contributed by atoms with van der Waals surface area (Å²) in [5.41, 5.74) is 2.52. The summed E-state index contributed by atoms with van der Waals surface area (Å²) in [5.74, 6) is 1.15. The van der Waals surface area contributed by atoms with Gasteiger partial charge in [-0.3, -0.25) is 9.69 Å². The first-order valence-electron chi connectivity index (χ1n) is 14.2. The Balaban J connectivity index is 1.33. The lowest BCUT2D eigenvalue weighted by Crippen LogP contribution is -2.33. The first kappa shape index (κ1) is 29.5. The second-order valence-corrected chi connectivity index (χ2v) is 11.6. The van der Waals surface area contributed by atoms with Crippen LogP contribution < -0.4 is 9.64 Å². The summed E-state index contributed by atoms with van der Waals surface area (Å²) in [6.07, 6.45) is 6.45. The highest BCUT2D eigenvalue weighted by molar-refractivity contribution is 6.35. The van der Waals surface area contributed by atoms with Crippen molar-refractivity contribution < 1.29 is 14.6 Å². The van der Waals surface area contributed by atoms with Gasteiger partial charge in [-0.05, 0) is 81.2 Å². The number of benzene rings is 1. The maximum absolute atomic E-state index is 11.1. The van der Waals surface area contributed by atoms with Crippen LogP contribution in [0.1, 0.15) is 38.2 Å². The van der Waals surface area contributed by atoms with Gasteiger partial charge in [0.1, 0.15) is 0 Å². The molecule has 0 aliphatic carbocycles. The van der Waals surface area contributed by atoms with E-state index in [9.17, 15) is 4.79 Å². The largest absolute Gasteiger partial charge is 0.481 e. The van der Waals surface area contributed by atoms with E-state index in [2.05, 4.69) is 31.6 Å². The third-order valence-electron chi connectivity index (χ3n) is 7.75. The van der Waals surface area contributed by atoms with Crippen LogP contribution >= 0.6 is 23.2 Å². The van der Waals surface area contributed by atoms with Gasteiger partial charge in [0, 0.05) is 54.3 Å². The van der Waals surface area contributed by atoms with Crippen molar-refractivity contribution in [3.8, 4) is 22.9 Å². The molecule has 2 aliphatic rings. The van der Waals surface area contributed by atoms with E-state index in [1.54, 1.807) is 18.5 Å². The number of rotatable bonds is 9. The summed E-state index contributed by atoms with van der Waals surface area (Å²) in [6.45, 7) is 9.56. The van der Waals surface area contributed by atoms with Crippen LogP contribution in [-0.2, 0) is 11.3 Å². The summed E-state index contributed by atoms with van der Waals surface area (Å²) < 4.78 is 6.18. The third kappa shape index (κ3) is 8.29. The number of pyridine rings is 1. The molecule has 0 saturated carbocycles. The van der Waals surface area contributed by atoms with Crippen molar-refractivity contribution in [1.82, 2.24) is 24.8 Å². The Morgan fingerprint density at radius 2 is 1.68 bits per heavy atom. The van der Waals surface area contributed by atoms with E-state index in [0.29, 0.717) is 39.9 Å². The summed E-state index contributed by atoms with van der Waals surface area (Å²) in [5, 5.41) is 10.2. The number of hydrogen-bond donors (Lipinski definition) is 1. The molecule has 0 atom stereocenters. The zero-order valence-corrected chi connectivity index (χ0v) is 24.8. The number of ether oxygens (including phenoxy) is 1. The lowest BCUT2D eigenvalue weighted by molar-refractivity contribution is -0.138. The number of aromatic nitrogens is 3. The first-order chi connectivity index (χ1) is 19.8. The SMILES string of the molecule is CCN1CCCN(c2ncc(Oc3cc(CN4CCC(CC(=O)O)CC4)cc(-c4cc(Cl)cc(Cl)c4)n3)cn2)CC1. The Hall–Kier alpha value is -2.98. The van der Waals surface area contributed by atoms with Crippen molar-refractivity contribution in [3.05, 3.63) is 58.3 Å². The number of nitrogens with zero attached hydrogens (tertiary/aromatic N) is 6. The lowest BCUT2D eigenvalue weighted by Gasteiger charge is -2.31. The van der Waals surface area contributed by atoms with E-state index in [4.69, 9.17) is 38.0 Å². The quantitative estimate of drug-likeness (QED) is 0.325. The van der Waals surface area contributed by atoms with Gasteiger partial charge in [0.25, 0.3) is 0 Å².